The zero-order chi connectivity index (χ0) is 8.39. The molecule has 12 heavy (non-hydrogen) atoms. The molecule has 0 spiro atoms. The summed E-state index contributed by atoms with van der Waals surface area (Å²) in [5, 5.41) is 4.11. The number of nitrogens with zero attached hydrogens (tertiary/aromatic N) is 2. The third-order valence-electron chi connectivity index (χ3n) is 1.47. The van der Waals surface area contributed by atoms with Gasteiger partial charge in [0, 0.05) is 0 Å². The maximum atomic E-state index is 5.89. The maximum absolute atomic E-state index is 5.89. The molecule has 0 radical (unpaired) electrons. The minimum absolute atomic E-state index is 0.445. The van der Waals surface area contributed by atoms with E-state index in [4.69, 9.17) is 16.1 Å². The van der Waals surface area contributed by atoms with Gasteiger partial charge in [0.2, 0.25) is 0 Å². The summed E-state index contributed by atoms with van der Waals surface area (Å²) in [6.07, 6.45) is 1.35. The van der Waals surface area contributed by atoms with E-state index in [2.05, 4.69) is 10.1 Å². The number of benzene rings is 1. The Hall–Kier alpha value is -1.35. The first-order valence-electron chi connectivity index (χ1n) is 3.39. The fourth-order valence-electron chi connectivity index (χ4n) is 0.926. The van der Waals surface area contributed by atoms with Crippen LogP contribution in [0.3, 0.4) is 0 Å². The SMILES string of the molecule is Clc1ccccc1-c1ncno1. The van der Waals surface area contributed by atoms with Crippen LogP contribution >= 0.6 is 11.6 Å². The van der Waals surface area contributed by atoms with Gasteiger partial charge in [-0.3, -0.25) is 0 Å². The van der Waals surface area contributed by atoms with Gasteiger partial charge in [-0.2, -0.15) is 4.98 Å². The van der Waals surface area contributed by atoms with Crippen LogP contribution in [-0.2, 0) is 0 Å². The summed E-state index contributed by atoms with van der Waals surface area (Å²) in [4.78, 5) is 3.89. The maximum Gasteiger partial charge on any atom is 0.259 e. The quantitative estimate of drug-likeness (QED) is 0.677. The van der Waals surface area contributed by atoms with Gasteiger partial charge in [-0.05, 0) is 12.1 Å². The standard InChI is InChI=1S/C8H5ClN2O/c9-7-4-2-1-3-6(7)8-10-5-11-12-8/h1-5H. The first-order chi connectivity index (χ1) is 5.88. The van der Waals surface area contributed by atoms with Crippen molar-refractivity contribution in [1.82, 2.24) is 10.1 Å². The number of hydrogen-bond acceptors (Lipinski definition) is 3. The summed E-state index contributed by atoms with van der Waals surface area (Å²) in [5.74, 6) is 0.445. The molecule has 60 valence electrons. The Morgan fingerprint density at radius 3 is 2.75 bits per heavy atom. The topological polar surface area (TPSA) is 38.9 Å². The van der Waals surface area contributed by atoms with E-state index < -0.39 is 0 Å². The number of rotatable bonds is 1. The van der Waals surface area contributed by atoms with Crippen molar-refractivity contribution >= 4 is 11.6 Å². The first kappa shape index (κ1) is 7.31. The van der Waals surface area contributed by atoms with Crippen molar-refractivity contribution in [1.29, 1.82) is 0 Å². The van der Waals surface area contributed by atoms with Crippen LogP contribution in [0.2, 0.25) is 5.02 Å². The van der Waals surface area contributed by atoms with Crippen molar-refractivity contribution in [2.45, 2.75) is 0 Å². The highest BCUT2D eigenvalue weighted by Crippen LogP contribution is 2.24. The summed E-state index contributed by atoms with van der Waals surface area (Å²) in [5.41, 5.74) is 0.761. The molecule has 0 saturated heterocycles. The molecule has 3 nitrogen and oxygen atoms in total. The van der Waals surface area contributed by atoms with E-state index in [1.807, 2.05) is 18.2 Å². The molecule has 1 aromatic heterocycles. The molecule has 0 aliphatic carbocycles. The molecular weight excluding hydrogens is 176 g/mol. The highest BCUT2D eigenvalue weighted by Gasteiger charge is 2.06. The minimum Gasteiger partial charge on any atom is -0.334 e. The monoisotopic (exact) mass is 180 g/mol. The van der Waals surface area contributed by atoms with Crippen LogP contribution in [-0.4, -0.2) is 10.1 Å². The third-order valence-corrected chi connectivity index (χ3v) is 1.80. The summed E-state index contributed by atoms with van der Waals surface area (Å²) < 4.78 is 4.85. The van der Waals surface area contributed by atoms with Crippen molar-refractivity contribution in [2.75, 3.05) is 0 Å². The Morgan fingerprint density at radius 2 is 2.08 bits per heavy atom. The van der Waals surface area contributed by atoms with Crippen molar-refractivity contribution < 1.29 is 4.52 Å². The number of aromatic nitrogens is 2. The second-order valence-electron chi connectivity index (χ2n) is 2.23. The van der Waals surface area contributed by atoms with Crippen LogP contribution in [0.4, 0.5) is 0 Å². The molecule has 2 rings (SSSR count). The van der Waals surface area contributed by atoms with Crippen LogP contribution in [0.1, 0.15) is 0 Å². The zero-order valence-corrected chi connectivity index (χ0v) is 6.82. The first-order valence-corrected chi connectivity index (χ1v) is 3.77. The average molecular weight is 181 g/mol. The smallest absolute Gasteiger partial charge is 0.259 e. The fourth-order valence-corrected chi connectivity index (χ4v) is 1.14. The lowest BCUT2D eigenvalue weighted by Crippen LogP contribution is -1.77. The molecule has 0 fully saturated rings. The van der Waals surface area contributed by atoms with Gasteiger partial charge in [-0.1, -0.05) is 28.9 Å². The van der Waals surface area contributed by atoms with E-state index in [9.17, 15) is 0 Å². The van der Waals surface area contributed by atoms with Crippen molar-refractivity contribution in [2.24, 2.45) is 0 Å². The largest absolute Gasteiger partial charge is 0.334 e. The lowest BCUT2D eigenvalue weighted by molar-refractivity contribution is 0.430. The average Bonchev–Trinajstić information content (AvgIpc) is 2.57. The molecule has 0 amide bonds. The Bertz CT molecular complexity index is 372. The molecule has 1 heterocycles. The number of halogens is 1. The van der Waals surface area contributed by atoms with Crippen LogP contribution in [0.15, 0.2) is 35.1 Å². The van der Waals surface area contributed by atoms with Crippen molar-refractivity contribution in [3.05, 3.63) is 35.6 Å². The van der Waals surface area contributed by atoms with Crippen molar-refractivity contribution in [3.8, 4) is 11.5 Å². The molecule has 4 heteroatoms. The highest BCUT2D eigenvalue weighted by atomic mass is 35.5. The third kappa shape index (κ3) is 1.19. The fraction of sp³-hybridized carbons (Fsp3) is 0. The molecule has 0 atom stereocenters. The van der Waals surface area contributed by atoms with Gasteiger partial charge in [-0.25, -0.2) is 0 Å². The van der Waals surface area contributed by atoms with Crippen LogP contribution in [0.5, 0.6) is 0 Å². The normalized spacial score (nSPS) is 10.1. The van der Waals surface area contributed by atoms with Gasteiger partial charge >= 0.3 is 0 Å². The zero-order valence-electron chi connectivity index (χ0n) is 6.07. The lowest BCUT2D eigenvalue weighted by atomic mass is 10.2. The molecule has 0 saturated carbocycles. The van der Waals surface area contributed by atoms with Gasteiger partial charge in [0.1, 0.15) is 0 Å². The van der Waals surface area contributed by atoms with Gasteiger partial charge < -0.3 is 4.52 Å². The Labute approximate surface area is 74.0 Å². The molecule has 1 aromatic carbocycles. The van der Waals surface area contributed by atoms with E-state index >= 15 is 0 Å². The predicted octanol–water partition coefficient (Wildman–Crippen LogP) is 2.39. The Balaban J connectivity index is 2.55. The summed E-state index contributed by atoms with van der Waals surface area (Å²) in [7, 11) is 0. The van der Waals surface area contributed by atoms with Crippen LogP contribution < -0.4 is 0 Å². The van der Waals surface area contributed by atoms with E-state index in [1.54, 1.807) is 6.07 Å². The lowest BCUT2D eigenvalue weighted by Gasteiger charge is -1.95. The minimum atomic E-state index is 0.445. The van der Waals surface area contributed by atoms with E-state index in [0.29, 0.717) is 10.9 Å². The van der Waals surface area contributed by atoms with Crippen LogP contribution in [0, 0.1) is 0 Å². The van der Waals surface area contributed by atoms with Gasteiger partial charge in [0.05, 0.1) is 10.6 Å². The molecular formula is C8H5ClN2O. The Morgan fingerprint density at radius 1 is 1.25 bits per heavy atom. The van der Waals surface area contributed by atoms with E-state index in [-0.39, 0.29) is 0 Å². The van der Waals surface area contributed by atoms with Gasteiger partial charge in [-0.15, -0.1) is 0 Å². The molecule has 0 aliphatic rings. The second-order valence-corrected chi connectivity index (χ2v) is 2.63. The summed E-state index contributed by atoms with van der Waals surface area (Å²) >= 11 is 5.89. The predicted molar refractivity (Wildman–Crippen MR) is 44.7 cm³/mol. The summed E-state index contributed by atoms with van der Waals surface area (Å²) in [6.45, 7) is 0. The molecule has 0 aliphatic heterocycles. The molecule has 0 unspecified atom stereocenters. The van der Waals surface area contributed by atoms with Gasteiger partial charge in [0.25, 0.3) is 5.89 Å². The van der Waals surface area contributed by atoms with Crippen LogP contribution in [0.25, 0.3) is 11.5 Å². The second kappa shape index (κ2) is 2.95. The highest BCUT2D eigenvalue weighted by molar-refractivity contribution is 6.33. The molecule has 0 bridgehead atoms. The molecule has 0 N–H and O–H groups in total. The van der Waals surface area contributed by atoms with Gasteiger partial charge in [0.15, 0.2) is 6.33 Å². The van der Waals surface area contributed by atoms with E-state index in [1.165, 1.54) is 6.33 Å². The number of hydrogen-bond donors (Lipinski definition) is 0. The van der Waals surface area contributed by atoms with Crippen molar-refractivity contribution in [3.63, 3.8) is 0 Å². The Kier molecular flexibility index (Phi) is 1.80. The summed E-state index contributed by atoms with van der Waals surface area (Å²) in [6, 6.07) is 7.32. The molecule has 2 aromatic rings. The van der Waals surface area contributed by atoms with E-state index in [0.717, 1.165) is 5.56 Å².